The maximum absolute atomic E-state index is 12.1. The topological polar surface area (TPSA) is 75.6 Å². The molecule has 4 rings (SSSR count). The van der Waals surface area contributed by atoms with Crippen LogP contribution in [-0.4, -0.2) is 25.7 Å². The summed E-state index contributed by atoms with van der Waals surface area (Å²) in [6.45, 7) is 1.93. The molecule has 6 heteroatoms. The van der Waals surface area contributed by atoms with Gasteiger partial charge in [-0.05, 0) is 37.3 Å². The molecule has 0 atom stereocenters. The van der Waals surface area contributed by atoms with E-state index < -0.39 is 0 Å². The number of benzene rings is 1. The summed E-state index contributed by atoms with van der Waals surface area (Å²) in [5, 5.41) is 8.31. The van der Waals surface area contributed by atoms with Gasteiger partial charge in [0, 0.05) is 11.6 Å². The molecule has 0 saturated heterocycles. The molecule has 3 aromatic heterocycles. The molecule has 0 aliphatic carbocycles. The number of nitrogens with zero attached hydrogens (tertiary/aromatic N) is 3. The van der Waals surface area contributed by atoms with Gasteiger partial charge in [0.25, 0.3) is 5.91 Å². The van der Waals surface area contributed by atoms with Gasteiger partial charge in [-0.25, -0.2) is 9.67 Å². The normalized spacial score (nSPS) is 10.9. The van der Waals surface area contributed by atoms with Gasteiger partial charge in [-0.1, -0.05) is 18.2 Å². The lowest BCUT2D eigenvalue weighted by molar-refractivity contribution is 0.102. The number of hydrogen-bond donors (Lipinski definition) is 2. The second kappa shape index (κ2) is 5.66. The number of para-hydroxylation sites is 1. The number of carbonyl (C=O) groups excluding carboxylic acids is 1. The molecule has 0 saturated carbocycles. The molecule has 24 heavy (non-hydrogen) atoms. The number of amides is 1. The molecule has 0 spiro atoms. The van der Waals surface area contributed by atoms with Gasteiger partial charge in [0.05, 0.1) is 23.3 Å². The van der Waals surface area contributed by atoms with Crippen molar-refractivity contribution >= 4 is 22.6 Å². The summed E-state index contributed by atoms with van der Waals surface area (Å²) >= 11 is 0. The number of nitrogens with one attached hydrogen (secondary N) is 2. The van der Waals surface area contributed by atoms with E-state index in [-0.39, 0.29) is 5.91 Å². The number of aromatic nitrogens is 4. The minimum atomic E-state index is -0.200. The van der Waals surface area contributed by atoms with E-state index in [1.807, 2.05) is 43.3 Å². The lowest BCUT2D eigenvalue weighted by Crippen LogP contribution is -2.12. The highest BCUT2D eigenvalue weighted by atomic mass is 16.1. The third kappa shape index (κ3) is 2.44. The van der Waals surface area contributed by atoms with Crippen LogP contribution >= 0.6 is 0 Å². The Bertz CT molecular complexity index is 1000. The predicted octanol–water partition coefficient (Wildman–Crippen LogP) is 3.31. The minimum Gasteiger partial charge on any atom is -0.357 e. The Morgan fingerprint density at radius 3 is 2.75 bits per heavy atom. The first kappa shape index (κ1) is 14.2. The number of fused-ring (bicyclic) bond motifs is 1. The van der Waals surface area contributed by atoms with Crippen LogP contribution in [0.1, 0.15) is 16.2 Å². The minimum absolute atomic E-state index is 0.200. The Kier molecular flexibility index (Phi) is 3.35. The van der Waals surface area contributed by atoms with Crippen LogP contribution in [-0.2, 0) is 0 Å². The monoisotopic (exact) mass is 317 g/mol. The molecular weight excluding hydrogens is 302 g/mol. The summed E-state index contributed by atoms with van der Waals surface area (Å²) in [4.78, 5) is 19.5. The van der Waals surface area contributed by atoms with Gasteiger partial charge >= 0.3 is 0 Å². The van der Waals surface area contributed by atoms with Crippen LogP contribution in [0, 0.1) is 6.92 Å². The van der Waals surface area contributed by atoms with Crippen LogP contribution in [0.15, 0.2) is 60.9 Å². The fraction of sp³-hybridized carbons (Fsp3) is 0.0556. The molecule has 0 aliphatic rings. The highest BCUT2D eigenvalue weighted by Crippen LogP contribution is 2.23. The molecule has 0 bridgehead atoms. The Morgan fingerprint density at radius 2 is 2.00 bits per heavy atom. The van der Waals surface area contributed by atoms with Crippen molar-refractivity contribution in [3.63, 3.8) is 0 Å². The molecule has 0 radical (unpaired) electrons. The van der Waals surface area contributed by atoms with Gasteiger partial charge < -0.3 is 10.3 Å². The zero-order valence-electron chi connectivity index (χ0n) is 13.0. The van der Waals surface area contributed by atoms with Crippen molar-refractivity contribution in [1.29, 1.82) is 0 Å². The molecule has 0 aliphatic heterocycles. The van der Waals surface area contributed by atoms with Crippen molar-refractivity contribution in [3.05, 3.63) is 72.3 Å². The summed E-state index contributed by atoms with van der Waals surface area (Å²) in [6, 6.07) is 15.2. The smallest absolute Gasteiger partial charge is 0.272 e. The Hall–Kier alpha value is -3.41. The van der Waals surface area contributed by atoms with Crippen molar-refractivity contribution < 1.29 is 4.79 Å². The van der Waals surface area contributed by atoms with Crippen LogP contribution in [0.2, 0.25) is 0 Å². The van der Waals surface area contributed by atoms with Crippen molar-refractivity contribution in [2.45, 2.75) is 6.92 Å². The van der Waals surface area contributed by atoms with E-state index >= 15 is 0 Å². The number of carbonyl (C=O) groups is 1. The van der Waals surface area contributed by atoms with E-state index in [4.69, 9.17) is 0 Å². The van der Waals surface area contributed by atoms with Gasteiger partial charge in [-0.15, -0.1) is 0 Å². The lowest BCUT2D eigenvalue weighted by Gasteiger charge is -2.05. The first-order valence-corrected chi connectivity index (χ1v) is 7.58. The third-order valence-electron chi connectivity index (χ3n) is 3.81. The highest BCUT2D eigenvalue weighted by Gasteiger charge is 2.13. The highest BCUT2D eigenvalue weighted by molar-refractivity contribution is 6.03. The van der Waals surface area contributed by atoms with Crippen LogP contribution in [0.4, 0.5) is 5.69 Å². The van der Waals surface area contributed by atoms with E-state index in [0.29, 0.717) is 11.4 Å². The average Bonchev–Trinajstić information content (AvgIpc) is 3.25. The molecule has 3 heterocycles. The summed E-state index contributed by atoms with van der Waals surface area (Å²) in [6.07, 6.45) is 3.36. The molecule has 1 amide bonds. The zero-order valence-corrected chi connectivity index (χ0v) is 13.0. The molecule has 6 nitrogen and oxygen atoms in total. The molecule has 1 aromatic carbocycles. The quantitative estimate of drug-likeness (QED) is 0.608. The Labute approximate surface area is 138 Å². The molecule has 0 fully saturated rings. The Morgan fingerprint density at radius 1 is 1.17 bits per heavy atom. The van der Waals surface area contributed by atoms with E-state index in [0.717, 1.165) is 22.4 Å². The third-order valence-corrected chi connectivity index (χ3v) is 3.81. The van der Waals surface area contributed by atoms with Gasteiger partial charge in [-0.2, -0.15) is 5.10 Å². The molecule has 4 aromatic rings. The molecule has 118 valence electrons. The lowest BCUT2D eigenvalue weighted by atomic mass is 10.2. The summed E-state index contributed by atoms with van der Waals surface area (Å²) in [5.74, 6) is -0.200. The fourth-order valence-corrected chi connectivity index (χ4v) is 2.63. The number of anilines is 1. The number of aromatic amines is 1. The van der Waals surface area contributed by atoms with Crippen molar-refractivity contribution in [2.75, 3.05) is 5.32 Å². The number of aryl methyl sites for hydroxylation is 1. The van der Waals surface area contributed by atoms with Crippen LogP contribution in [0.3, 0.4) is 0 Å². The van der Waals surface area contributed by atoms with E-state index in [9.17, 15) is 4.79 Å². The van der Waals surface area contributed by atoms with E-state index in [1.54, 1.807) is 29.2 Å². The summed E-state index contributed by atoms with van der Waals surface area (Å²) in [5.41, 5.74) is 3.71. The number of hydrogen-bond acceptors (Lipinski definition) is 3. The van der Waals surface area contributed by atoms with E-state index in [1.165, 1.54) is 0 Å². The summed E-state index contributed by atoms with van der Waals surface area (Å²) < 4.78 is 1.81. The van der Waals surface area contributed by atoms with Gasteiger partial charge in [0.1, 0.15) is 5.69 Å². The standard InChI is InChI=1S/C18H15N5O/c1-12-15-10-13(21-18(24)16-8-5-9-19-16)11-20-17(15)23(22-12)14-6-3-2-4-7-14/h2-11,19H,1H3,(H,21,24). The second-order valence-corrected chi connectivity index (χ2v) is 5.47. The molecule has 2 N–H and O–H groups in total. The van der Waals surface area contributed by atoms with Crippen molar-refractivity contribution in [1.82, 2.24) is 19.7 Å². The maximum Gasteiger partial charge on any atom is 0.272 e. The van der Waals surface area contributed by atoms with Crippen molar-refractivity contribution in [2.24, 2.45) is 0 Å². The number of rotatable bonds is 3. The van der Waals surface area contributed by atoms with Gasteiger partial charge in [-0.3, -0.25) is 4.79 Å². The van der Waals surface area contributed by atoms with Crippen LogP contribution < -0.4 is 5.32 Å². The largest absolute Gasteiger partial charge is 0.357 e. The molecule has 0 unspecified atom stereocenters. The molecular formula is C18H15N5O. The fourth-order valence-electron chi connectivity index (χ4n) is 2.63. The zero-order chi connectivity index (χ0) is 16.5. The van der Waals surface area contributed by atoms with Crippen LogP contribution in [0.25, 0.3) is 16.7 Å². The summed E-state index contributed by atoms with van der Waals surface area (Å²) in [7, 11) is 0. The van der Waals surface area contributed by atoms with Gasteiger partial charge in [0.15, 0.2) is 5.65 Å². The maximum atomic E-state index is 12.1. The Balaban J connectivity index is 1.72. The first-order valence-electron chi connectivity index (χ1n) is 7.58. The number of pyridine rings is 1. The van der Waals surface area contributed by atoms with Crippen LogP contribution in [0.5, 0.6) is 0 Å². The predicted molar refractivity (Wildman–Crippen MR) is 92.3 cm³/mol. The van der Waals surface area contributed by atoms with Crippen molar-refractivity contribution in [3.8, 4) is 5.69 Å². The second-order valence-electron chi connectivity index (χ2n) is 5.47. The van der Waals surface area contributed by atoms with Gasteiger partial charge in [0.2, 0.25) is 0 Å². The number of H-pyrrole nitrogens is 1. The van der Waals surface area contributed by atoms with E-state index in [2.05, 4.69) is 20.4 Å². The SMILES string of the molecule is Cc1nn(-c2ccccc2)c2ncc(NC(=O)c3ccc[nH]3)cc12. The average molecular weight is 317 g/mol. The first-order chi connectivity index (χ1) is 11.7.